The molecule has 0 spiro atoms. The molecule has 2 aromatic heterocycles. The topological polar surface area (TPSA) is 109 Å². The van der Waals surface area contributed by atoms with Crippen LogP contribution in [-0.4, -0.2) is 80.6 Å². The Morgan fingerprint density at radius 2 is 2.16 bits per heavy atom. The highest BCUT2D eigenvalue weighted by atomic mass is 16.5. The fourth-order valence-corrected chi connectivity index (χ4v) is 3.58. The molecule has 3 atom stereocenters. The summed E-state index contributed by atoms with van der Waals surface area (Å²) in [6.45, 7) is 6.11. The molecule has 0 aliphatic carbocycles. The molecule has 1 aliphatic rings. The van der Waals surface area contributed by atoms with Gasteiger partial charge in [-0.1, -0.05) is 19.1 Å². The molecule has 2 aromatic rings. The zero-order valence-corrected chi connectivity index (χ0v) is 18.8. The smallest absolute Gasteiger partial charge is 0.273 e. The first kappa shape index (κ1) is 23.3. The zero-order chi connectivity index (χ0) is 23.3. The maximum absolute atomic E-state index is 13.3. The molecule has 0 fully saturated rings. The summed E-state index contributed by atoms with van der Waals surface area (Å²) < 4.78 is 6.20. The SMILES string of the molecule is C/C=C/c1cnc2c(c1)C(=O)N([C@H](C)CO)C[C@H](C)[C@H](CN(C)C(=O)c1cnccn1)O2. The normalized spacial score (nSPS) is 19.7. The van der Waals surface area contributed by atoms with Gasteiger partial charge >= 0.3 is 0 Å². The van der Waals surface area contributed by atoms with E-state index in [1.807, 2.05) is 26.0 Å². The highest BCUT2D eigenvalue weighted by Gasteiger charge is 2.34. The van der Waals surface area contributed by atoms with Crippen LogP contribution in [0.1, 0.15) is 47.2 Å². The van der Waals surface area contributed by atoms with E-state index < -0.39 is 6.10 Å². The van der Waals surface area contributed by atoms with E-state index in [0.29, 0.717) is 12.1 Å². The van der Waals surface area contributed by atoms with Crippen LogP contribution in [0, 0.1) is 5.92 Å². The summed E-state index contributed by atoms with van der Waals surface area (Å²) in [4.78, 5) is 41.7. The van der Waals surface area contributed by atoms with Crippen LogP contribution in [0.2, 0.25) is 0 Å². The number of nitrogens with zero attached hydrogens (tertiary/aromatic N) is 5. The molecule has 9 heteroatoms. The van der Waals surface area contributed by atoms with Gasteiger partial charge in [-0.15, -0.1) is 0 Å². The van der Waals surface area contributed by atoms with E-state index in [1.54, 1.807) is 31.1 Å². The van der Waals surface area contributed by atoms with Gasteiger partial charge in [-0.2, -0.15) is 0 Å². The standard InChI is InChI=1S/C23H29N5O4/c1-5-6-17-9-18-21(26-10-17)32-20(15(2)12-28(22(18)30)16(3)14-29)13-27(4)23(31)19-11-24-7-8-25-19/h5-11,15-16,20,29H,12-14H2,1-4H3/b6-5+/t15-,16+,20-/m0/s1. The summed E-state index contributed by atoms with van der Waals surface area (Å²) in [6, 6.07) is 1.37. The Bertz CT molecular complexity index is 982. The first-order valence-electron chi connectivity index (χ1n) is 10.6. The molecule has 0 unspecified atom stereocenters. The molecule has 0 aromatic carbocycles. The number of hydrogen-bond donors (Lipinski definition) is 1. The molecule has 9 nitrogen and oxygen atoms in total. The summed E-state index contributed by atoms with van der Waals surface area (Å²) in [5.41, 5.74) is 1.36. The van der Waals surface area contributed by atoms with Crippen molar-refractivity contribution in [2.24, 2.45) is 5.92 Å². The summed E-state index contributed by atoms with van der Waals surface area (Å²) >= 11 is 0. The lowest BCUT2D eigenvalue weighted by atomic mass is 9.99. The number of rotatable bonds is 6. The van der Waals surface area contributed by atoms with Crippen LogP contribution >= 0.6 is 0 Å². The maximum atomic E-state index is 13.3. The van der Waals surface area contributed by atoms with Crippen molar-refractivity contribution < 1.29 is 19.4 Å². The van der Waals surface area contributed by atoms with Crippen LogP contribution in [0.5, 0.6) is 5.88 Å². The van der Waals surface area contributed by atoms with Gasteiger partial charge in [0.1, 0.15) is 17.4 Å². The van der Waals surface area contributed by atoms with E-state index >= 15 is 0 Å². The average Bonchev–Trinajstić information content (AvgIpc) is 2.81. The third kappa shape index (κ3) is 5.11. The van der Waals surface area contributed by atoms with Crippen molar-refractivity contribution in [2.75, 3.05) is 26.7 Å². The second-order valence-corrected chi connectivity index (χ2v) is 8.02. The molecule has 0 saturated carbocycles. The first-order valence-corrected chi connectivity index (χ1v) is 10.6. The van der Waals surface area contributed by atoms with Crippen LogP contribution in [0.15, 0.2) is 36.9 Å². The van der Waals surface area contributed by atoms with Crippen molar-refractivity contribution in [1.82, 2.24) is 24.8 Å². The van der Waals surface area contributed by atoms with Gasteiger partial charge in [0.05, 0.1) is 25.4 Å². The lowest BCUT2D eigenvalue weighted by Crippen LogP contribution is -2.50. The number of likely N-dealkylation sites (N-methyl/N-ethyl adjacent to an activating group) is 1. The molecule has 1 N–H and O–H groups in total. The van der Waals surface area contributed by atoms with Gasteiger partial charge in [0.15, 0.2) is 0 Å². The molecule has 170 valence electrons. The van der Waals surface area contributed by atoms with Crippen molar-refractivity contribution in [3.63, 3.8) is 0 Å². The highest BCUT2D eigenvalue weighted by molar-refractivity contribution is 5.97. The number of ether oxygens (including phenoxy) is 1. The van der Waals surface area contributed by atoms with E-state index in [9.17, 15) is 14.7 Å². The summed E-state index contributed by atoms with van der Waals surface area (Å²) in [6.07, 6.45) is 9.33. The predicted molar refractivity (Wildman–Crippen MR) is 119 cm³/mol. The summed E-state index contributed by atoms with van der Waals surface area (Å²) in [5.74, 6) is -0.426. The molecule has 0 radical (unpaired) electrons. The molecular weight excluding hydrogens is 410 g/mol. The highest BCUT2D eigenvalue weighted by Crippen LogP contribution is 2.27. The Hall–Kier alpha value is -3.33. The number of aliphatic hydroxyl groups is 1. The minimum Gasteiger partial charge on any atom is -0.472 e. The second kappa shape index (κ2) is 10.3. The van der Waals surface area contributed by atoms with Gasteiger partial charge in [0.25, 0.3) is 11.8 Å². The molecule has 0 bridgehead atoms. The molecule has 1 aliphatic heterocycles. The Morgan fingerprint density at radius 1 is 1.38 bits per heavy atom. The third-order valence-corrected chi connectivity index (χ3v) is 5.48. The number of pyridine rings is 1. The minimum absolute atomic E-state index is 0.129. The number of aliphatic hydroxyl groups excluding tert-OH is 1. The molecule has 0 saturated heterocycles. The van der Waals surface area contributed by atoms with E-state index in [2.05, 4.69) is 15.0 Å². The molecule has 3 heterocycles. The van der Waals surface area contributed by atoms with Crippen molar-refractivity contribution in [1.29, 1.82) is 0 Å². The number of carbonyl (C=O) groups is 2. The Balaban J connectivity index is 1.93. The van der Waals surface area contributed by atoms with Crippen molar-refractivity contribution in [3.05, 3.63) is 53.8 Å². The predicted octanol–water partition coefficient (Wildman–Crippen LogP) is 1.90. The fourth-order valence-electron chi connectivity index (χ4n) is 3.58. The quantitative estimate of drug-likeness (QED) is 0.732. The molecule has 32 heavy (non-hydrogen) atoms. The second-order valence-electron chi connectivity index (χ2n) is 8.02. The van der Waals surface area contributed by atoms with Gasteiger partial charge in [-0.25, -0.2) is 9.97 Å². The van der Waals surface area contributed by atoms with Gasteiger partial charge in [-0.05, 0) is 25.5 Å². The molecule has 3 rings (SSSR count). The Kier molecular flexibility index (Phi) is 7.53. The largest absolute Gasteiger partial charge is 0.472 e. The third-order valence-electron chi connectivity index (χ3n) is 5.48. The van der Waals surface area contributed by atoms with Gasteiger partial charge in [0.2, 0.25) is 5.88 Å². The monoisotopic (exact) mass is 439 g/mol. The fraction of sp³-hybridized carbons (Fsp3) is 0.435. The minimum atomic E-state index is -0.430. The van der Waals surface area contributed by atoms with Crippen molar-refractivity contribution in [3.8, 4) is 5.88 Å². The lowest BCUT2D eigenvalue weighted by molar-refractivity contribution is 0.0312. The number of hydrogen-bond acceptors (Lipinski definition) is 7. The van der Waals surface area contributed by atoms with Crippen molar-refractivity contribution in [2.45, 2.75) is 32.9 Å². The maximum Gasteiger partial charge on any atom is 0.273 e. The average molecular weight is 440 g/mol. The summed E-state index contributed by atoms with van der Waals surface area (Å²) in [7, 11) is 1.68. The molecule has 2 amide bonds. The van der Waals surface area contributed by atoms with Crippen LogP contribution < -0.4 is 4.74 Å². The van der Waals surface area contributed by atoms with E-state index in [4.69, 9.17) is 4.74 Å². The summed E-state index contributed by atoms with van der Waals surface area (Å²) in [5, 5.41) is 9.73. The van der Waals surface area contributed by atoms with Gasteiger partial charge in [-0.3, -0.25) is 14.6 Å². The lowest BCUT2D eigenvalue weighted by Gasteiger charge is -2.37. The van der Waals surface area contributed by atoms with Gasteiger partial charge < -0.3 is 19.6 Å². The van der Waals surface area contributed by atoms with E-state index in [0.717, 1.165) is 5.56 Å². The van der Waals surface area contributed by atoms with E-state index in [-0.39, 0.29) is 48.5 Å². The number of amides is 2. The van der Waals surface area contributed by atoms with Crippen LogP contribution in [0.25, 0.3) is 6.08 Å². The molecular formula is C23H29N5O4. The van der Waals surface area contributed by atoms with Gasteiger partial charge in [0, 0.05) is 38.1 Å². The van der Waals surface area contributed by atoms with Crippen LogP contribution in [0.3, 0.4) is 0 Å². The number of carbonyl (C=O) groups excluding carboxylic acids is 2. The number of fused-ring (bicyclic) bond motifs is 1. The van der Waals surface area contributed by atoms with Crippen LogP contribution in [0.4, 0.5) is 0 Å². The van der Waals surface area contributed by atoms with Crippen LogP contribution in [-0.2, 0) is 0 Å². The number of allylic oxidation sites excluding steroid dienone is 1. The van der Waals surface area contributed by atoms with Crippen molar-refractivity contribution >= 4 is 17.9 Å². The number of aromatic nitrogens is 3. The zero-order valence-electron chi connectivity index (χ0n) is 18.8. The van der Waals surface area contributed by atoms with E-state index in [1.165, 1.54) is 23.5 Å². The Morgan fingerprint density at radius 3 is 2.81 bits per heavy atom. The first-order chi connectivity index (χ1) is 15.3. The Labute approximate surface area is 187 Å².